The summed E-state index contributed by atoms with van der Waals surface area (Å²) in [5, 5.41) is 0. The highest BCUT2D eigenvalue weighted by Crippen LogP contribution is 2.17. The van der Waals surface area contributed by atoms with Crippen molar-refractivity contribution in [2.24, 2.45) is 11.7 Å². The molecule has 0 fully saturated rings. The summed E-state index contributed by atoms with van der Waals surface area (Å²) in [6, 6.07) is 3.64. The summed E-state index contributed by atoms with van der Waals surface area (Å²) in [7, 11) is -3.71. The molecule has 5 nitrogen and oxygen atoms in total. The van der Waals surface area contributed by atoms with Crippen LogP contribution in [-0.2, 0) is 10.2 Å². The molecule has 0 aliphatic heterocycles. The van der Waals surface area contributed by atoms with Crippen molar-refractivity contribution in [1.29, 1.82) is 0 Å². The van der Waals surface area contributed by atoms with Crippen molar-refractivity contribution in [3.8, 4) is 11.8 Å². The van der Waals surface area contributed by atoms with Crippen LogP contribution in [0.2, 0.25) is 0 Å². The Labute approximate surface area is 118 Å². The molecule has 0 spiro atoms. The Balaban J connectivity index is 2.96. The fourth-order valence-electron chi connectivity index (χ4n) is 1.31. The topological polar surface area (TPSA) is 84.2 Å². The van der Waals surface area contributed by atoms with Gasteiger partial charge < -0.3 is 5.73 Å². The highest BCUT2D eigenvalue weighted by Gasteiger charge is 2.12. The quantitative estimate of drug-likeness (QED) is 0.710. The first-order valence-corrected chi connectivity index (χ1v) is 7.58. The zero-order chi connectivity index (χ0) is 15.2. The summed E-state index contributed by atoms with van der Waals surface area (Å²) < 4.78 is 41.6. The molecule has 1 aromatic carbocycles. The molecule has 1 aromatic rings. The molecule has 0 radical (unpaired) electrons. The molecule has 0 aromatic heterocycles. The normalized spacial score (nSPS) is 11.1. The van der Waals surface area contributed by atoms with E-state index in [9.17, 15) is 12.8 Å². The van der Waals surface area contributed by atoms with E-state index in [0.717, 1.165) is 12.1 Å². The first kappa shape index (κ1) is 16.4. The van der Waals surface area contributed by atoms with E-state index in [2.05, 4.69) is 21.3 Å². The third-order valence-corrected chi connectivity index (χ3v) is 3.27. The summed E-state index contributed by atoms with van der Waals surface area (Å²) in [4.78, 5) is 0. The SMILES string of the molecule is CC(C)CNS(=O)(=O)Nc1ccc(F)cc1C#CCN. The lowest BCUT2D eigenvalue weighted by molar-refractivity contribution is 0.565. The van der Waals surface area contributed by atoms with Gasteiger partial charge in [0.2, 0.25) is 0 Å². The van der Waals surface area contributed by atoms with Crippen LogP contribution in [0.1, 0.15) is 19.4 Å². The van der Waals surface area contributed by atoms with Gasteiger partial charge in [0, 0.05) is 6.54 Å². The van der Waals surface area contributed by atoms with Crippen molar-refractivity contribution < 1.29 is 12.8 Å². The number of halogens is 1. The standard InChI is InChI=1S/C13H18FN3O2S/c1-10(2)9-16-20(18,19)17-13-6-5-12(14)8-11(13)4-3-7-15/h5-6,8,10,16-17H,7,9,15H2,1-2H3. The molecule has 0 saturated carbocycles. The Morgan fingerprint density at radius 3 is 2.70 bits per heavy atom. The molecule has 0 unspecified atom stereocenters. The molecule has 20 heavy (non-hydrogen) atoms. The lowest BCUT2D eigenvalue weighted by Gasteiger charge is -2.12. The third kappa shape index (κ3) is 5.57. The minimum absolute atomic E-state index is 0.105. The number of nitrogens with one attached hydrogen (secondary N) is 2. The van der Waals surface area contributed by atoms with Gasteiger partial charge in [-0.3, -0.25) is 4.72 Å². The van der Waals surface area contributed by atoms with E-state index in [4.69, 9.17) is 5.73 Å². The summed E-state index contributed by atoms with van der Waals surface area (Å²) >= 11 is 0. The van der Waals surface area contributed by atoms with Crippen LogP contribution in [0.25, 0.3) is 0 Å². The highest BCUT2D eigenvalue weighted by molar-refractivity contribution is 7.90. The largest absolute Gasteiger partial charge is 0.320 e. The molecule has 0 bridgehead atoms. The Morgan fingerprint density at radius 1 is 1.40 bits per heavy atom. The van der Waals surface area contributed by atoms with Crippen molar-refractivity contribution >= 4 is 15.9 Å². The van der Waals surface area contributed by atoms with Gasteiger partial charge in [0.05, 0.1) is 17.8 Å². The number of benzene rings is 1. The Bertz CT molecular complexity index is 618. The average molecular weight is 299 g/mol. The van der Waals surface area contributed by atoms with Gasteiger partial charge in [-0.15, -0.1) is 0 Å². The van der Waals surface area contributed by atoms with E-state index in [-0.39, 0.29) is 23.7 Å². The van der Waals surface area contributed by atoms with Crippen LogP contribution in [-0.4, -0.2) is 21.5 Å². The van der Waals surface area contributed by atoms with E-state index in [1.807, 2.05) is 13.8 Å². The monoisotopic (exact) mass is 299 g/mol. The van der Waals surface area contributed by atoms with Crippen molar-refractivity contribution in [2.75, 3.05) is 17.8 Å². The maximum absolute atomic E-state index is 13.2. The maximum atomic E-state index is 13.2. The van der Waals surface area contributed by atoms with Crippen LogP contribution in [0.3, 0.4) is 0 Å². The first-order valence-electron chi connectivity index (χ1n) is 6.10. The molecule has 110 valence electrons. The van der Waals surface area contributed by atoms with Gasteiger partial charge in [-0.2, -0.15) is 13.1 Å². The van der Waals surface area contributed by atoms with Gasteiger partial charge in [0.1, 0.15) is 5.82 Å². The molecule has 1 rings (SSSR count). The Morgan fingerprint density at radius 2 is 2.10 bits per heavy atom. The number of rotatable bonds is 5. The van der Waals surface area contributed by atoms with Crippen LogP contribution in [0, 0.1) is 23.6 Å². The minimum Gasteiger partial charge on any atom is -0.320 e. The fourth-order valence-corrected chi connectivity index (χ4v) is 2.40. The van der Waals surface area contributed by atoms with Gasteiger partial charge in [-0.1, -0.05) is 25.7 Å². The second-order valence-electron chi connectivity index (χ2n) is 4.54. The summed E-state index contributed by atoms with van der Waals surface area (Å²) in [6.07, 6.45) is 0. The van der Waals surface area contributed by atoms with Crippen LogP contribution in [0.15, 0.2) is 18.2 Å². The van der Waals surface area contributed by atoms with E-state index < -0.39 is 16.0 Å². The zero-order valence-corrected chi connectivity index (χ0v) is 12.2. The van der Waals surface area contributed by atoms with Crippen molar-refractivity contribution in [1.82, 2.24) is 4.72 Å². The van der Waals surface area contributed by atoms with E-state index >= 15 is 0 Å². The molecule has 0 aliphatic rings. The fraction of sp³-hybridized carbons (Fsp3) is 0.385. The van der Waals surface area contributed by atoms with Crippen LogP contribution in [0.4, 0.5) is 10.1 Å². The lowest BCUT2D eigenvalue weighted by atomic mass is 10.2. The van der Waals surface area contributed by atoms with Gasteiger partial charge >= 0.3 is 0 Å². The van der Waals surface area contributed by atoms with Gasteiger partial charge in [-0.05, 0) is 24.1 Å². The Hall–Kier alpha value is -1.62. The van der Waals surface area contributed by atoms with Gasteiger partial charge in [0.15, 0.2) is 0 Å². The summed E-state index contributed by atoms with van der Waals surface area (Å²) in [5.74, 6) is 4.88. The smallest absolute Gasteiger partial charge is 0.299 e. The average Bonchev–Trinajstić information content (AvgIpc) is 2.37. The van der Waals surface area contributed by atoms with E-state index in [1.54, 1.807) is 0 Å². The second kappa shape index (κ2) is 7.24. The van der Waals surface area contributed by atoms with E-state index in [0.29, 0.717) is 6.54 Å². The number of anilines is 1. The molecule has 0 amide bonds. The Kier molecular flexibility index (Phi) is 5.95. The molecule has 0 atom stereocenters. The molecule has 0 saturated heterocycles. The molecule has 0 aliphatic carbocycles. The highest BCUT2D eigenvalue weighted by atomic mass is 32.2. The minimum atomic E-state index is -3.71. The third-order valence-electron chi connectivity index (χ3n) is 2.23. The lowest BCUT2D eigenvalue weighted by Crippen LogP contribution is -2.33. The van der Waals surface area contributed by atoms with Crippen molar-refractivity contribution in [3.05, 3.63) is 29.6 Å². The molecule has 4 N–H and O–H groups in total. The zero-order valence-electron chi connectivity index (χ0n) is 11.4. The number of nitrogens with two attached hydrogens (primary N) is 1. The van der Waals surface area contributed by atoms with Crippen molar-refractivity contribution in [3.63, 3.8) is 0 Å². The molecular formula is C13H18FN3O2S. The van der Waals surface area contributed by atoms with Gasteiger partial charge in [-0.25, -0.2) is 4.39 Å². The number of hydrogen-bond acceptors (Lipinski definition) is 3. The molecule has 0 heterocycles. The van der Waals surface area contributed by atoms with Crippen molar-refractivity contribution in [2.45, 2.75) is 13.8 Å². The second-order valence-corrected chi connectivity index (χ2v) is 6.04. The van der Waals surface area contributed by atoms with Gasteiger partial charge in [0.25, 0.3) is 10.2 Å². The van der Waals surface area contributed by atoms with E-state index in [1.165, 1.54) is 6.07 Å². The molecular weight excluding hydrogens is 281 g/mol. The predicted octanol–water partition coefficient (Wildman–Crippen LogP) is 1.04. The number of hydrogen-bond donors (Lipinski definition) is 3. The summed E-state index contributed by atoms with van der Waals surface area (Å²) in [5.41, 5.74) is 5.71. The van der Waals surface area contributed by atoms with Crippen LogP contribution < -0.4 is 15.2 Å². The molecule has 7 heteroatoms. The maximum Gasteiger partial charge on any atom is 0.299 e. The van der Waals surface area contributed by atoms with Crippen LogP contribution >= 0.6 is 0 Å². The first-order chi connectivity index (χ1) is 9.34. The predicted molar refractivity (Wildman–Crippen MR) is 77.7 cm³/mol. The summed E-state index contributed by atoms with van der Waals surface area (Å²) in [6.45, 7) is 4.19. The van der Waals surface area contributed by atoms with Crippen LogP contribution in [0.5, 0.6) is 0 Å².